The molecule has 0 saturated carbocycles. The van der Waals surface area contributed by atoms with Crippen molar-refractivity contribution in [1.29, 1.82) is 0 Å². The Hall–Kier alpha value is -1.64. The van der Waals surface area contributed by atoms with Gasteiger partial charge in [0.2, 0.25) is 0 Å². The Morgan fingerprint density at radius 1 is 1.39 bits per heavy atom. The number of rotatable bonds is 7. The van der Waals surface area contributed by atoms with E-state index < -0.39 is 0 Å². The van der Waals surface area contributed by atoms with Crippen LogP contribution in [0.2, 0.25) is 0 Å². The highest BCUT2D eigenvalue weighted by Gasteiger charge is 2.21. The van der Waals surface area contributed by atoms with Crippen LogP contribution in [0.4, 0.5) is 10.5 Å². The number of nitrogens with zero attached hydrogens (tertiary/aromatic N) is 3. The number of carbonyl (C=O) groups excluding carboxylic acids is 1. The molecule has 2 N–H and O–H groups in total. The number of hydrogen-bond acceptors (Lipinski definition) is 5. The molecule has 1 fully saturated rings. The summed E-state index contributed by atoms with van der Waals surface area (Å²) in [5.74, 6) is 0. The van der Waals surface area contributed by atoms with Crippen molar-refractivity contribution in [2.24, 2.45) is 0 Å². The first kappa shape index (κ1) is 17.7. The Balaban J connectivity index is 1.66. The summed E-state index contributed by atoms with van der Waals surface area (Å²) >= 11 is 0. The van der Waals surface area contributed by atoms with Gasteiger partial charge in [-0.2, -0.15) is 5.10 Å². The van der Waals surface area contributed by atoms with E-state index in [-0.39, 0.29) is 18.2 Å². The van der Waals surface area contributed by atoms with Crippen molar-refractivity contribution in [3.8, 4) is 0 Å². The number of morpholine rings is 1. The minimum absolute atomic E-state index is 0.217. The SMILES string of the molecule is COCCn1cc(NC(=O)NCCN2C[C@H](C)O[C@@H](C)C2)cn1. The molecule has 8 nitrogen and oxygen atoms in total. The van der Waals surface area contributed by atoms with E-state index in [1.165, 1.54) is 0 Å². The molecule has 1 aliphatic rings. The van der Waals surface area contributed by atoms with E-state index in [4.69, 9.17) is 9.47 Å². The van der Waals surface area contributed by atoms with Gasteiger partial charge in [-0.1, -0.05) is 0 Å². The molecule has 0 aromatic carbocycles. The van der Waals surface area contributed by atoms with Gasteiger partial charge in [0, 0.05) is 39.5 Å². The predicted octanol–water partition coefficient (Wildman–Crippen LogP) is 0.760. The second-order valence-electron chi connectivity index (χ2n) is 5.88. The number of hydrogen-bond donors (Lipinski definition) is 2. The standard InChI is InChI=1S/C15H27N5O3/c1-12-9-19(10-13(2)23-12)5-4-16-15(21)18-14-8-17-20(11-14)6-7-22-3/h8,11-13H,4-7,9-10H2,1-3H3,(H2,16,18,21)/t12-,13-/m0/s1. The van der Waals surface area contributed by atoms with Crippen molar-refractivity contribution in [1.82, 2.24) is 20.0 Å². The summed E-state index contributed by atoms with van der Waals surface area (Å²) < 4.78 is 12.4. The summed E-state index contributed by atoms with van der Waals surface area (Å²) in [6.07, 6.45) is 3.89. The molecule has 1 saturated heterocycles. The first-order valence-corrected chi connectivity index (χ1v) is 8.01. The van der Waals surface area contributed by atoms with Gasteiger partial charge in [0.25, 0.3) is 0 Å². The van der Waals surface area contributed by atoms with Crippen molar-refractivity contribution < 1.29 is 14.3 Å². The molecule has 2 amide bonds. The maximum Gasteiger partial charge on any atom is 0.319 e. The highest BCUT2D eigenvalue weighted by atomic mass is 16.5. The van der Waals surface area contributed by atoms with Crippen LogP contribution in [0.1, 0.15) is 13.8 Å². The number of methoxy groups -OCH3 is 1. The average Bonchev–Trinajstić information content (AvgIpc) is 2.91. The van der Waals surface area contributed by atoms with Crippen LogP contribution < -0.4 is 10.6 Å². The lowest BCUT2D eigenvalue weighted by Gasteiger charge is -2.35. The van der Waals surface area contributed by atoms with E-state index in [0.29, 0.717) is 25.4 Å². The largest absolute Gasteiger partial charge is 0.383 e. The second kappa shape index (κ2) is 8.85. The first-order chi connectivity index (χ1) is 11.1. The summed E-state index contributed by atoms with van der Waals surface area (Å²) in [5, 5.41) is 9.79. The molecule has 1 aromatic rings. The van der Waals surface area contributed by atoms with E-state index in [1.54, 1.807) is 24.2 Å². The molecule has 1 aromatic heterocycles. The molecule has 1 aliphatic heterocycles. The molecule has 2 heterocycles. The summed E-state index contributed by atoms with van der Waals surface area (Å²) in [7, 11) is 1.64. The van der Waals surface area contributed by atoms with Gasteiger partial charge < -0.3 is 20.1 Å². The van der Waals surface area contributed by atoms with Gasteiger partial charge in [-0.15, -0.1) is 0 Å². The van der Waals surface area contributed by atoms with E-state index in [2.05, 4.69) is 34.5 Å². The Morgan fingerprint density at radius 3 is 2.83 bits per heavy atom. The monoisotopic (exact) mass is 325 g/mol. The molecule has 130 valence electrons. The summed E-state index contributed by atoms with van der Waals surface area (Å²) in [4.78, 5) is 14.2. The quantitative estimate of drug-likeness (QED) is 0.774. The number of anilines is 1. The Morgan fingerprint density at radius 2 is 2.13 bits per heavy atom. The van der Waals surface area contributed by atoms with Crippen molar-refractivity contribution in [3.05, 3.63) is 12.4 Å². The van der Waals surface area contributed by atoms with Gasteiger partial charge in [-0.25, -0.2) is 4.79 Å². The summed E-state index contributed by atoms with van der Waals surface area (Å²) in [5.41, 5.74) is 0.673. The van der Waals surface area contributed by atoms with Gasteiger partial charge in [0.1, 0.15) is 0 Å². The molecule has 0 bridgehead atoms. The van der Waals surface area contributed by atoms with Crippen LogP contribution in [0.3, 0.4) is 0 Å². The summed E-state index contributed by atoms with van der Waals surface area (Å²) in [6.45, 7) is 8.62. The highest BCUT2D eigenvalue weighted by Crippen LogP contribution is 2.09. The molecule has 8 heteroatoms. The van der Waals surface area contributed by atoms with Crippen molar-refractivity contribution >= 4 is 11.7 Å². The third kappa shape index (κ3) is 6.17. The minimum atomic E-state index is -0.217. The van der Waals surface area contributed by atoms with Crippen LogP contribution >= 0.6 is 0 Å². The number of carbonyl (C=O) groups is 1. The smallest absolute Gasteiger partial charge is 0.319 e. The third-order valence-electron chi connectivity index (χ3n) is 3.62. The van der Waals surface area contributed by atoms with E-state index in [9.17, 15) is 4.79 Å². The first-order valence-electron chi connectivity index (χ1n) is 8.01. The van der Waals surface area contributed by atoms with Gasteiger partial charge in [0.15, 0.2) is 0 Å². The zero-order chi connectivity index (χ0) is 16.7. The van der Waals surface area contributed by atoms with Gasteiger partial charge >= 0.3 is 6.03 Å². The van der Waals surface area contributed by atoms with Crippen molar-refractivity contribution in [2.45, 2.75) is 32.6 Å². The fourth-order valence-electron chi connectivity index (χ4n) is 2.71. The van der Waals surface area contributed by atoms with E-state index in [0.717, 1.165) is 19.6 Å². The molecule has 2 rings (SSSR count). The van der Waals surface area contributed by atoms with Crippen LogP contribution in [-0.4, -0.2) is 72.8 Å². The number of amides is 2. The lowest BCUT2D eigenvalue weighted by atomic mass is 10.2. The summed E-state index contributed by atoms with van der Waals surface area (Å²) in [6, 6.07) is -0.217. The fourth-order valence-corrected chi connectivity index (χ4v) is 2.71. The molecule has 0 radical (unpaired) electrons. The van der Waals surface area contributed by atoms with Gasteiger partial charge in [-0.05, 0) is 13.8 Å². The molecule has 0 unspecified atom stereocenters. The van der Waals surface area contributed by atoms with Gasteiger partial charge in [0.05, 0.1) is 37.2 Å². The molecule has 23 heavy (non-hydrogen) atoms. The molecule has 2 atom stereocenters. The minimum Gasteiger partial charge on any atom is -0.383 e. The van der Waals surface area contributed by atoms with Crippen molar-refractivity contribution in [3.63, 3.8) is 0 Å². The van der Waals surface area contributed by atoms with E-state index in [1.807, 2.05) is 0 Å². The van der Waals surface area contributed by atoms with Gasteiger partial charge in [-0.3, -0.25) is 9.58 Å². The lowest BCUT2D eigenvalue weighted by molar-refractivity contribution is -0.0672. The fraction of sp³-hybridized carbons (Fsp3) is 0.733. The Kier molecular flexibility index (Phi) is 6.82. The maximum absolute atomic E-state index is 11.9. The van der Waals surface area contributed by atoms with Crippen LogP contribution in [0, 0.1) is 0 Å². The highest BCUT2D eigenvalue weighted by molar-refractivity contribution is 5.88. The van der Waals surface area contributed by atoms with Crippen LogP contribution in [0.25, 0.3) is 0 Å². The Bertz CT molecular complexity index is 483. The second-order valence-corrected chi connectivity index (χ2v) is 5.88. The third-order valence-corrected chi connectivity index (χ3v) is 3.62. The lowest BCUT2D eigenvalue weighted by Crippen LogP contribution is -2.48. The number of nitrogens with one attached hydrogen (secondary N) is 2. The normalized spacial score (nSPS) is 22.0. The van der Waals surface area contributed by atoms with Crippen LogP contribution in [0.5, 0.6) is 0 Å². The molecular formula is C15H27N5O3. The molecular weight excluding hydrogens is 298 g/mol. The topological polar surface area (TPSA) is 80.7 Å². The van der Waals surface area contributed by atoms with E-state index >= 15 is 0 Å². The zero-order valence-corrected chi connectivity index (χ0v) is 14.1. The molecule has 0 spiro atoms. The number of urea groups is 1. The van der Waals surface area contributed by atoms with Crippen molar-refractivity contribution in [2.75, 3.05) is 45.2 Å². The predicted molar refractivity (Wildman–Crippen MR) is 87.6 cm³/mol. The number of aromatic nitrogens is 2. The average molecular weight is 325 g/mol. The van der Waals surface area contributed by atoms with Crippen LogP contribution in [0.15, 0.2) is 12.4 Å². The zero-order valence-electron chi connectivity index (χ0n) is 14.1. The Labute approximate surface area is 137 Å². The number of ether oxygens (including phenoxy) is 2. The maximum atomic E-state index is 11.9. The molecule has 0 aliphatic carbocycles. The van der Waals surface area contributed by atoms with Crippen LogP contribution in [-0.2, 0) is 16.0 Å².